The summed E-state index contributed by atoms with van der Waals surface area (Å²) in [7, 11) is 0. The fourth-order valence-electron chi connectivity index (χ4n) is 3.53. The van der Waals surface area contributed by atoms with Crippen molar-refractivity contribution >= 4 is 39.3 Å². The van der Waals surface area contributed by atoms with Gasteiger partial charge in [-0.1, -0.05) is 58.4 Å². The van der Waals surface area contributed by atoms with Gasteiger partial charge in [-0.15, -0.1) is 0 Å². The molecule has 0 saturated heterocycles. The lowest BCUT2D eigenvalue weighted by Gasteiger charge is -2.20. The molecule has 31 heavy (non-hydrogen) atoms. The Bertz CT molecular complexity index is 1290. The Morgan fingerprint density at radius 1 is 0.871 bits per heavy atom. The van der Waals surface area contributed by atoms with Crippen LogP contribution in [-0.2, 0) is 4.79 Å². The summed E-state index contributed by atoms with van der Waals surface area (Å²) in [6.45, 7) is 0. The summed E-state index contributed by atoms with van der Waals surface area (Å²) in [5.74, 6) is 1.26. The molecule has 150 valence electrons. The van der Waals surface area contributed by atoms with E-state index in [4.69, 9.17) is 4.42 Å². The molecule has 4 nitrogen and oxygen atoms in total. The number of carbonyl (C=O) groups is 1. The first-order valence-corrected chi connectivity index (χ1v) is 10.6. The Kier molecular flexibility index (Phi) is 5.10. The first-order valence-electron chi connectivity index (χ1n) is 9.78. The molecular formula is C26H17BrN2O2. The SMILES string of the molecule is O=C1/C(=C/c2ccc(-c3ccc(Br)cc3)o2)C=C(c2ccccc2)N1c1cccnc1. The van der Waals surface area contributed by atoms with Crippen molar-refractivity contribution in [1.82, 2.24) is 4.98 Å². The van der Waals surface area contributed by atoms with Gasteiger partial charge in [-0.05, 0) is 54.1 Å². The Hall–Kier alpha value is -3.70. The van der Waals surface area contributed by atoms with E-state index in [1.54, 1.807) is 23.4 Å². The summed E-state index contributed by atoms with van der Waals surface area (Å²) in [6.07, 6.45) is 7.06. The van der Waals surface area contributed by atoms with E-state index < -0.39 is 0 Å². The minimum absolute atomic E-state index is 0.117. The van der Waals surface area contributed by atoms with E-state index in [0.717, 1.165) is 32.7 Å². The van der Waals surface area contributed by atoms with Gasteiger partial charge in [0.15, 0.2) is 0 Å². The van der Waals surface area contributed by atoms with Gasteiger partial charge in [-0.2, -0.15) is 0 Å². The van der Waals surface area contributed by atoms with Gasteiger partial charge in [0.2, 0.25) is 0 Å². The zero-order valence-corrected chi connectivity index (χ0v) is 18.0. The summed E-state index contributed by atoms with van der Waals surface area (Å²) in [4.78, 5) is 19.2. The summed E-state index contributed by atoms with van der Waals surface area (Å²) >= 11 is 3.44. The normalized spacial score (nSPS) is 14.9. The number of furan rings is 1. The molecule has 1 amide bonds. The van der Waals surface area contributed by atoms with E-state index in [-0.39, 0.29) is 5.91 Å². The minimum atomic E-state index is -0.117. The molecule has 5 rings (SSSR count). The molecule has 0 saturated carbocycles. The van der Waals surface area contributed by atoms with E-state index in [9.17, 15) is 4.79 Å². The number of hydrogen-bond acceptors (Lipinski definition) is 3. The van der Waals surface area contributed by atoms with Crippen LogP contribution in [0.5, 0.6) is 0 Å². The van der Waals surface area contributed by atoms with Crippen LogP contribution in [-0.4, -0.2) is 10.9 Å². The fourth-order valence-corrected chi connectivity index (χ4v) is 3.80. The van der Waals surface area contributed by atoms with Crippen LogP contribution in [0.3, 0.4) is 0 Å². The topological polar surface area (TPSA) is 46.3 Å². The van der Waals surface area contributed by atoms with Crippen molar-refractivity contribution in [3.05, 3.63) is 119 Å². The smallest absolute Gasteiger partial charge is 0.263 e. The molecular weight excluding hydrogens is 452 g/mol. The average molecular weight is 469 g/mol. The number of hydrogen-bond donors (Lipinski definition) is 0. The number of aromatic nitrogens is 1. The average Bonchev–Trinajstić information content (AvgIpc) is 3.40. The van der Waals surface area contributed by atoms with Gasteiger partial charge < -0.3 is 4.42 Å². The molecule has 2 aromatic heterocycles. The maximum absolute atomic E-state index is 13.3. The number of anilines is 1. The molecule has 1 aliphatic heterocycles. The number of benzene rings is 2. The molecule has 4 aromatic rings. The van der Waals surface area contributed by atoms with E-state index in [1.807, 2.05) is 84.9 Å². The molecule has 0 radical (unpaired) electrons. The van der Waals surface area contributed by atoms with Crippen LogP contribution >= 0.6 is 15.9 Å². The standard InChI is InChI=1S/C26H17BrN2O2/c27-21-10-8-19(9-11-21)25-13-12-23(31-25)15-20-16-24(18-5-2-1-3-6-18)29(26(20)30)22-7-4-14-28-17-22/h1-17H/b20-15+. The van der Waals surface area contributed by atoms with Crippen LogP contribution < -0.4 is 4.90 Å². The number of halogens is 1. The van der Waals surface area contributed by atoms with Crippen LogP contribution in [0.15, 0.2) is 112 Å². The highest BCUT2D eigenvalue weighted by Gasteiger charge is 2.30. The molecule has 0 fully saturated rings. The van der Waals surface area contributed by atoms with Crippen LogP contribution in [0.4, 0.5) is 5.69 Å². The van der Waals surface area contributed by atoms with Gasteiger partial charge >= 0.3 is 0 Å². The second-order valence-electron chi connectivity index (χ2n) is 7.06. The third kappa shape index (κ3) is 3.88. The van der Waals surface area contributed by atoms with E-state index in [0.29, 0.717) is 11.3 Å². The van der Waals surface area contributed by atoms with Crippen LogP contribution in [0.25, 0.3) is 23.1 Å². The molecule has 0 unspecified atom stereocenters. The fraction of sp³-hybridized carbons (Fsp3) is 0. The number of nitrogens with zero attached hydrogens (tertiary/aromatic N) is 2. The van der Waals surface area contributed by atoms with Crippen LogP contribution in [0.1, 0.15) is 11.3 Å². The van der Waals surface area contributed by atoms with E-state index in [2.05, 4.69) is 20.9 Å². The Morgan fingerprint density at radius 2 is 1.68 bits per heavy atom. The molecule has 2 aromatic carbocycles. The summed E-state index contributed by atoms with van der Waals surface area (Å²) in [6, 6.07) is 25.3. The minimum Gasteiger partial charge on any atom is -0.457 e. The van der Waals surface area contributed by atoms with Crippen LogP contribution in [0, 0.1) is 0 Å². The molecule has 3 heterocycles. The van der Waals surface area contributed by atoms with Crippen LogP contribution in [0.2, 0.25) is 0 Å². The van der Waals surface area contributed by atoms with Crippen molar-refractivity contribution < 1.29 is 9.21 Å². The molecule has 0 spiro atoms. The zero-order chi connectivity index (χ0) is 21.2. The van der Waals surface area contributed by atoms with Gasteiger partial charge in [0.25, 0.3) is 5.91 Å². The zero-order valence-electron chi connectivity index (χ0n) is 16.4. The summed E-state index contributed by atoms with van der Waals surface area (Å²) in [5, 5.41) is 0. The number of amides is 1. The highest BCUT2D eigenvalue weighted by molar-refractivity contribution is 9.10. The highest BCUT2D eigenvalue weighted by atomic mass is 79.9. The monoisotopic (exact) mass is 468 g/mol. The Morgan fingerprint density at radius 3 is 2.42 bits per heavy atom. The second kappa shape index (κ2) is 8.20. The maximum atomic E-state index is 13.3. The predicted molar refractivity (Wildman–Crippen MR) is 126 cm³/mol. The number of rotatable bonds is 4. The maximum Gasteiger partial charge on any atom is 0.263 e. The molecule has 1 aliphatic rings. The van der Waals surface area contributed by atoms with E-state index in [1.165, 1.54) is 0 Å². The van der Waals surface area contributed by atoms with Crippen molar-refractivity contribution in [3.8, 4) is 11.3 Å². The third-order valence-corrected chi connectivity index (χ3v) is 5.54. The summed E-state index contributed by atoms with van der Waals surface area (Å²) < 4.78 is 7.01. The lowest BCUT2D eigenvalue weighted by molar-refractivity contribution is -0.113. The van der Waals surface area contributed by atoms with Gasteiger partial charge in [-0.25, -0.2) is 0 Å². The lowest BCUT2D eigenvalue weighted by Crippen LogP contribution is -2.25. The van der Waals surface area contributed by atoms with Gasteiger partial charge in [0, 0.05) is 21.8 Å². The molecule has 5 heteroatoms. The first kappa shape index (κ1) is 19.3. The van der Waals surface area contributed by atoms with Gasteiger partial charge in [-0.3, -0.25) is 14.7 Å². The van der Waals surface area contributed by atoms with Gasteiger partial charge in [0.1, 0.15) is 11.5 Å². The molecule has 0 N–H and O–H groups in total. The van der Waals surface area contributed by atoms with Crippen molar-refractivity contribution in [3.63, 3.8) is 0 Å². The second-order valence-corrected chi connectivity index (χ2v) is 7.97. The van der Waals surface area contributed by atoms with Gasteiger partial charge in [0.05, 0.1) is 17.6 Å². The van der Waals surface area contributed by atoms with Crippen molar-refractivity contribution in [2.45, 2.75) is 0 Å². The van der Waals surface area contributed by atoms with Crippen molar-refractivity contribution in [2.75, 3.05) is 4.90 Å². The molecule has 0 aliphatic carbocycles. The predicted octanol–water partition coefficient (Wildman–Crippen LogP) is 6.58. The lowest BCUT2D eigenvalue weighted by atomic mass is 10.1. The number of carbonyl (C=O) groups excluding carboxylic acids is 1. The first-order chi connectivity index (χ1) is 15.2. The van der Waals surface area contributed by atoms with Crippen molar-refractivity contribution in [2.24, 2.45) is 0 Å². The Labute approximate surface area is 188 Å². The third-order valence-electron chi connectivity index (χ3n) is 5.01. The quantitative estimate of drug-likeness (QED) is 0.318. The van der Waals surface area contributed by atoms with E-state index >= 15 is 0 Å². The molecule has 0 bridgehead atoms. The summed E-state index contributed by atoms with van der Waals surface area (Å²) in [5.41, 5.74) is 4.02. The molecule has 0 atom stereocenters. The Balaban J connectivity index is 1.53. The van der Waals surface area contributed by atoms with Crippen molar-refractivity contribution in [1.29, 1.82) is 0 Å². The number of pyridine rings is 1. The largest absolute Gasteiger partial charge is 0.457 e. The highest BCUT2D eigenvalue weighted by Crippen LogP contribution is 2.35.